The van der Waals surface area contributed by atoms with Crippen molar-refractivity contribution in [3.05, 3.63) is 68.5 Å². The molecule has 3 aromatic rings. The smallest absolute Gasteiger partial charge is 0.274 e. The first-order valence-electron chi connectivity index (χ1n) is 10.3. The molecule has 0 unspecified atom stereocenters. The van der Waals surface area contributed by atoms with Gasteiger partial charge in [0, 0.05) is 34.6 Å². The number of nitro benzene ring substituents is 1. The number of benzene rings is 2. The Kier molecular flexibility index (Phi) is 8.24. The topological polar surface area (TPSA) is 132 Å². The summed E-state index contributed by atoms with van der Waals surface area (Å²) in [5.74, 6) is -0.120. The quantitative estimate of drug-likeness (QED) is 0.252. The van der Waals surface area contributed by atoms with Gasteiger partial charge < -0.3 is 15.2 Å². The maximum Gasteiger partial charge on any atom is 0.274 e. The molecule has 0 spiro atoms. The second-order valence-corrected chi connectivity index (χ2v) is 8.78. The fraction of sp³-hybridized carbons (Fsp3) is 0.273. The van der Waals surface area contributed by atoms with Gasteiger partial charge in [-0.05, 0) is 44.5 Å². The molecular formula is C22H23ClN6O4S. The van der Waals surface area contributed by atoms with Crippen LogP contribution in [-0.2, 0) is 22.6 Å². The van der Waals surface area contributed by atoms with Crippen LogP contribution < -0.4 is 10.6 Å². The summed E-state index contributed by atoms with van der Waals surface area (Å²) in [6.07, 6.45) is 0.00608. The lowest BCUT2D eigenvalue weighted by molar-refractivity contribution is -0.385. The van der Waals surface area contributed by atoms with Crippen LogP contribution in [0.25, 0.3) is 0 Å². The molecule has 2 N–H and O–H groups in total. The molecule has 3 rings (SSSR count). The average Bonchev–Trinajstić information content (AvgIpc) is 3.17. The summed E-state index contributed by atoms with van der Waals surface area (Å²) in [7, 11) is 0. The van der Waals surface area contributed by atoms with E-state index in [2.05, 4.69) is 20.8 Å². The molecule has 0 bridgehead atoms. The Labute approximate surface area is 205 Å². The summed E-state index contributed by atoms with van der Waals surface area (Å²) in [6, 6.07) is 9.79. The molecule has 1 heterocycles. The van der Waals surface area contributed by atoms with Gasteiger partial charge in [-0.2, -0.15) is 0 Å². The number of nitro groups is 1. The molecule has 10 nitrogen and oxygen atoms in total. The molecule has 12 heteroatoms. The third-order valence-electron chi connectivity index (χ3n) is 4.91. The number of aryl methyl sites for hydroxylation is 2. The third-order valence-corrected chi connectivity index (χ3v) is 6.28. The molecule has 0 aliphatic carbocycles. The molecule has 2 aromatic carbocycles. The number of nitrogens with zero attached hydrogens (tertiary/aromatic N) is 4. The van der Waals surface area contributed by atoms with Gasteiger partial charge in [-0.1, -0.05) is 35.5 Å². The zero-order valence-corrected chi connectivity index (χ0v) is 20.4. The normalized spacial score (nSPS) is 10.7. The predicted octanol–water partition coefficient (Wildman–Crippen LogP) is 4.39. The Morgan fingerprint density at radius 2 is 1.71 bits per heavy atom. The van der Waals surface area contributed by atoms with Crippen molar-refractivity contribution in [1.82, 2.24) is 14.8 Å². The minimum Gasteiger partial charge on any atom is -0.326 e. The summed E-state index contributed by atoms with van der Waals surface area (Å²) in [5, 5.41) is 25.8. The molecule has 0 aliphatic heterocycles. The third kappa shape index (κ3) is 6.33. The molecule has 34 heavy (non-hydrogen) atoms. The highest BCUT2D eigenvalue weighted by Gasteiger charge is 2.17. The van der Waals surface area contributed by atoms with Crippen LogP contribution in [0.4, 0.5) is 17.1 Å². The highest BCUT2D eigenvalue weighted by Crippen LogP contribution is 2.24. The van der Waals surface area contributed by atoms with Crippen LogP contribution >= 0.6 is 23.4 Å². The lowest BCUT2D eigenvalue weighted by Gasteiger charge is -2.09. The van der Waals surface area contributed by atoms with Gasteiger partial charge in [-0.25, -0.2) is 0 Å². The van der Waals surface area contributed by atoms with Crippen LogP contribution in [0.15, 0.2) is 41.6 Å². The Hall–Kier alpha value is -3.44. The SMILES string of the molecule is CCn1c(CC(=O)Nc2ccc(C)c(Cl)c2)nnc1SCC(=O)Nc1ccc(C)c([N+](=O)[O-])c1. The first-order chi connectivity index (χ1) is 16.2. The number of carbonyl (C=O) groups is 2. The second-order valence-electron chi connectivity index (χ2n) is 7.43. The summed E-state index contributed by atoms with van der Waals surface area (Å²) >= 11 is 7.27. The van der Waals surface area contributed by atoms with Crippen molar-refractivity contribution in [1.29, 1.82) is 0 Å². The highest BCUT2D eigenvalue weighted by molar-refractivity contribution is 7.99. The van der Waals surface area contributed by atoms with Crippen LogP contribution in [0.5, 0.6) is 0 Å². The van der Waals surface area contributed by atoms with Crippen LogP contribution in [0.2, 0.25) is 5.02 Å². The fourth-order valence-corrected chi connectivity index (χ4v) is 4.11. The van der Waals surface area contributed by atoms with Crippen molar-refractivity contribution in [2.45, 2.75) is 38.9 Å². The van der Waals surface area contributed by atoms with Gasteiger partial charge in [-0.15, -0.1) is 10.2 Å². The molecule has 2 amide bonds. The summed E-state index contributed by atoms with van der Waals surface area (Å²) in [6.45, 7) is 5.91. The van der Waals surface area contributed by atoms with E-state index in [-0.39, 0.29) is 29.7 Å². The first-order valence-corrected chi connectivity index (χ1v) is 11.7. The summed E-state index contributed by atoms with van der Waals surface area (Å²) < 4.78 is 1.76. The number of halogens is 1. The Bertz CT molecular complexity index is 1250. The highest BCUT2D eigenvalue weighted by atomic mass is 35.5. The molecule has 0 fully saturated rings. The lowest BCUT2D eigenvalue weighted by atomic mass is 10.2. The number of carbonyl (C=O) groups excluding carboxylic acids is 2. The molecule has 0 saturated heterocycles. The maximum absolute atomic E-state index is 12.5. The van der Waals surface area contributed by atoms with E-state index >= 15 is 0 Å². The van der Waals surface area contributed by atoms with Gasteiger partial charge in [0.25, 0.3) is 5.69 Å². The van der Waals surface area contributed by atoms with Crippen molar-refractivity contribution in [2.24, 2.45) is 0 Å². The molecule has 0 saturated carbocycles. The van der Waals surface area contributed by atoms with Crippen LogP contribution in [-0.4, -0.2) is 37.3 Å². The van der Waals surface area contributed by atoms with Gasteiger partial charge in [0.2, 0.25) is 11.8 Å². The van der Waals surface area contributed by atoms with E-state index in [1.54, 1.807) is 35.8 Å². The summed E-state index contributed by atoms with van der Waals surface area (Å²) in [4.78, 5) is 35.4. The minimum atomic E-state index is -0.492. The molecule has 1 aromatic heterocycles. The largest absolute Gasteiger partial charge is 0.326 e. The number of aromatic nitrogens is 3. The van der Waals surface area contributed by atoms with Gasteiger partial charge in [-0.3, -0.25) is 19.7 Å². The molecule has 0 radical (unpaired) electrons. The molecule has 178 valence electrons. The van der Waals surface area contributed by atoms with E-state index in [0.29, 0.717) is 39.5 Å². The average molecular weight is 503 g/mol. The Morgan fingerprint density at radius 1 is 1.06 bits per heavy atom. The minimum absolute atomic E-state index is 0.00608. The predicted molar refractivity (Wildman–Crippen MR) is 131 cm³/mol. The van der Waals surface area contributed by atoms with Crippen molar-refractivity contribution in [3.8, 4) is 0 Å². The van der Waals surface area contributed by atoms with E-state index in [1.807, 2.05) is 19.9 Å². The number of thioether (sulfide) groups is 1. The van der Waals surface area contributed by atoms with Gasteiger partial charge in [0.15, 0.2) is 5.16 Å². The van der Waals surface area contributed by atoms with Crippen molar-refractivity contribution in [3.63, 3.8) is 0 Å². The van der Waals surface area contributed by atoms with Gasteiger partial charge >= 0.3 is 0 Å². The second kappa shape index (κ2) is 11.1. The summed E-state index contributed by atoms with van der Waals surface area (Å²) in [5.41, 5.74) is 2.29. The van der Waals surface area contributed by atoms with Gasteiger partial charge in [0.05, 0.1) is 17.1 Å². The van der Waals surface area contributed by atoms with Gasteiger partial charge in [0.1, 0.15) is 5.82 Å². The standard InChI is InChI=1S/C22H23ClN6O4S/c1-4-28-19(11-20(30)24-15-7-5-13(2)17(23)9-15)26-27-22(28)34-12-21(31)25-16-8-6-14(3)18(10-16)29(32)33/h5-10H,4,11-12H2,1-3H3,(H,24,30)(H,25,31). The molecule has 0 aliphatic rings. The van der Waals surface area contributed by atoms with E-state index < -0.39 is 4.92 Å². The molecular weight excluding hydrogens is 480 g/mol. The van der Waals surface area contributed by atoms with Crippen molar-refractivity contribution in [2.75, 3.05) is 16.4 Å². The zero-order valence-electron chi connectivity index (χ0n) is 18.8. The zero-order chi connectivity index (χ0) is 24.8. The Morgan fingerprint density at radius 3 is 2.35 bits per heavy atom. The van der Waals surface area contributed by atoms with Crippen molar-refractivity contribution < 1.29 is 14.5 Å². The number of amides is 2. The van der Waals surface area contributed by atoms with E-state index in [9.17, 15) is 19.7 Å². The monoisotopic (exact) mass is 502 g/mol. The van der Waals surface area contributed by atoms with Crippen molar-refractivity contribution >= 4 is 52.2 Å². The molecule has 0 atom stereocenters. The van der Waals surface area contributed by atoms with Crippen LogP contribution in [0, 0.1) is 24.0 Å². The maximum atomic E-state index is 12.5. The van der Waals surface area contributed by atoms with E-state index in [1.165, 1.54) is 6.07 Å². The number of nitrogens with one attached hydrogen (secondary N) is 2. The number of anilines is 2. The van der Waals surface area contributed by atoms with E-state index in [4.69, 9.17) is 11.6 Å². The van der Waals surface area contributed by atoms with E-state index in [0.717, 1.165) is 17.3 Å². The number of hydrogen-bond acceptors (Lipinski definition) is 7. The van der Waals surface area contributed by atoms with Crippen LogP contribution in [0.1, 0.15) is 23.9 Å². The number of rotatable bonds is 9. The lowest BCUT2D eigenvalue weighted by Crippen LogP contribution is -2.18. The Balaban J connectivity index is 1.60. The fourth-order valence-electron chi connectivity index (χ4n) is 3.10. The first kappa shape index (κ1) is 25.2. The van der Waals surface area contributed by atoms with Crippen LogP contribution in [0.3, 0.4) is 0 Å². The number of hydrogen-bond donors (Lipinski definition) is 2.